The molecule has 0 bridgehead atoms. The molecule has 0 spiro atoms. The van der Waals surface area contributed by atoms with Gasteiger partial charge < -0.3 is 9.47 Å². The topological polar surface area (TPSA) is 18.5 Å². The average Bonchev–Trinajstić information content (AvgIpc) is 3.15. The van der Waals surface area contributed by atoms with Gasteiger partial charge in [0.15, 0.2) is 14.3 Å². The third-order valence-corrected chi connectivity index (χ3v) is 9.89. The second-order valence-electron chi connectivity index (χ2n) is 7.52. The van der Waals surface area contributed by atoms with Crippen LogP contribution >= 0.6 is 78.2 Å². The molecule has 1 aromatic heterocycles. The lowest BCUT2D eigenvalue weighted by atomic mass is 10.2. The highest BCUT2D eigenvalue weighted by Gasteiger charge is 2.22. The SMILES string of the molecule is Ic1cc(I)c(OCCCOc2ccc(-[s+]3c4ccccc4c4ccccc43)cc2)c(I)c1. The molecule has 0 aliphatic carbocycles. The highest BCUT2D eigenvalue weighted by Crippen LogP contribution is 2.48. The van der Waals surface area contributed by atoms with Crippen LogP contribution in [0.5, 0.6) is 11.5 Å². The number of halogens is 3. The summed E-state index contributed by atoms with van der Waals surface area (Å²) < 4.78 is 18.4. The van der Waals surface area contributed by atoms with Crippen molar-refractivity contribution in [3.8, 4) is 16.4 Å². The Bertz CT molecular complexity index is 1350. The minimum atomic E-state index is -0.0626. The Kier molecular flexibility index (Phi) is 7.63. The summed E-state index contributed by atoms with van der Waals surface area (Å²) >= 11 is 7.01. The molecule has 0 saturated carbocycles. The van der Waals surface area contributed by atoms with E-state index < -0.39 is 0 Å². The Hall–Kier alpha value is -1.11. The minimum Gasteiger partial charge on any atom is -0.493 e. The number of thiophene rings is 1. The Labute approximate surface area is 237 Å². The Balaban J connectivity index is 1.25. The van der Waals surface area contributed by atoms with E-state index in [1.807, 2.05) is 0 Å². The van der Waals surface area contributed by atoms with E-state index in [-0.39, 0.29) is 10.5 Å². The van der Waals surface area contributed by atoms with Crippen molar-refractivity contribution in [3.05, 3.63) is 95.6 Å². The van der Waals surface area contributed by atoms with Crippen LogP contribution in [0.4, 0.5) is 0 Å². The smallest absolute Gasteiger partial charge is 0.187 e. The van der Waals surface area contributed by atoms with E-state index in [9.17, 15) is 0 Å². The molecule has 1 heterocycles. The second kappa shape index (κ2) is 10.7. The van der Waals surface area contributed by atoms with Crippen LogP contribution in [0.2, 0.25) is 0 Å². The molecule has 0 N–H and O–H groups in total. The second-order valence-corrected chi connectivity index (χ2v) is 13.1. The fourth-order valence-electron chi connectivity index (χ4n) is 3.87. The first-order valence-corrected chi connectivity index (χ1v) is 15.0. The van der Waals surface area contributed by atoms with Crippen molar-refractivity contribution < 1.29 is 9.47 Å². The van der Waals surface area contributed by atoms with E-state index >= 15 is 0 Å². The molecule has 0 amide bonds. The van der Waals surface area contributed by atoms with Crippen molar-refractivity contribution >= 4 is 98.4 Å². The van der Waals surface area contributed by atoms with Gasteiger partial charge >= 0.3 is 0 Å². The van der Waals surface area contributed by atoms with Gasteiger partial charge in [0.1, 0.15) is 11.5 Å². The first-order valence-electron chi connectivity index (χ1n) is 10.5. The summed E-state index contributed by atoms with van der Waals surface area (Å²) in [6, 6.07) is 30.4. The standard InChI is InChI=1S/C27H20I3O2S/c28-18-16-23(29)27(24(30)17-18)32-15-5-14-31-19-10-12-20(13-11-19)33-25-8-3-1-6-21(25)22-7-2-4-9-26(22)33/h1-4,6-13,16-17H,5,14-15H2/q+1. The number of rotatable bonds is 7. The molecule has 0 radical (unpaired) electrons. The fourth-order valence-corrected chi connectivity index (χ4v) is 10.1. The molecule has 6 heteroatoms. The maximum absolute atomic E-state index is 6.02. The molecule has 166 valence electrons. The van der Waals surface area contributed by atoms with Gasteiger partial charge in [0.05, 0.1) is 20.4 Å². The Morgan fingerprint density at radius 1 is 0.636 bits per heavy atom. The number of ether oxygens (including phenoxy) is 2. The number of fused-ring (bicyclic) bond motifs is 3. The van der Waals surface area contributed by atoms with E-state index in [2.05, 4.69) is 153 Å². The van der Waals surface area contributed by atoms with Crippen molar-refractivity contribution in [2.45, 2.75) is 6.42 Å². The van der Waals surface area contributed by atoms with Crippen molar-refractivity contribution in [3.63, 3.8) is 0 Å². The molecule has 5 aromatic rings. The van der Waals surface area contributed by atoms with Crippen LogP contribution in [0.1, 0.15) is 6.42 Å². The molecule has 0 aliphatic heterocycles. The van der Waals surface area contributed by atoms with Crippen LogP contribution in [-0.2, 0) is 0 Å². The lowest BCUT2D eigenvalue weighted by molar-refractivity contribution is 0.245. The number of hydrogen-bond donors (Lipinski definition) is 0. The lowest BCUT2D eigenvalue weighted by Gasteiger charge is -2.11. The van der Waals surface area contributed by atoms with E-state index in [0.29, 0.717) is 13.2 Å². The van der Waals surface area contributed by atoms with Crippen LogP contribution in [0.3, 0.4) is 0 Å². The summed E-state index contributed by atoms with van der Waals surface area (Å²) in [7, 11) is -0.0626. The minimum absolute atomic E-state index is 0.0626. The van der Waals surface area contributed by atoms with Gasteiger partial charge in [-0.3, -0.25) is 0 Å². The summed E-state index contributed by atoms with van der Waals surface area (Å²) in [5, 5.41) is 2.71. The normalized spacial score (nSPS) is 11.2. The maximum atomic E-state index is 6.02. The molecule has 0 unspecified atom stereocenters. The molecule has 0 saturated heterocycles. The van der Waals surface area contributed by atoms with Gasteiger partial charge in [-0.05, 0) is 116 Å². The Morgan fingerprint density at radius 2 is 1.18 bits per heavy atom. The van der Waals surface area contributed by atoms with Gasteiger partial charge in [-0.15, -0.1) is 0 Å². The highest BCUT2D eigenvalue weighted by molar-refractivity contribution is 14.1. The summed E-state index contributed by atoms with van der Waals surface area (Å²) in [6.07, 6.45) is 0.838. The zero-order valence-corrected chi connectivity index (χ0v) is 24.9. The third-order valence-electron chi connectivity index (χ3n) is 5.33. The maximum Gasteiger partial charge on any atom is 0.187 e. The van der Waals surface area contributed by atoms with Crippen molar-refractivity contribution in [1.29, 1.82) is 0 Å². The summed E-state index contributed by atoms with van der Waals surface area (Å²) in [6.45, 7) is 1.27. The Morgan fingerprint density at radius 3 is 1.79 bits per heavy atom. The molecular weight excluding hydrogens is 769 g/mol. The van der Waals surface area contributed by atoms with Gasteiger partial charge in [0, 0.05) is 43.4 Å². The summed E-state index contributed by atoms with van der Waals surface area (Å²) in [5.41, 5.74) is 0. The van der Waals surface area contributed by atoms with E-state index in [4.69, 9.17) is 9.47 Å². The number of benzene rings is 4. The lowest BCUT2D eigenvalue weighted by Crippen LogP contribution is -2.06. The van der Waals surface area contributed by atoms with Crippen LogP contribution in [-0.4, -0.2) is 13.2 Å². The average molecular weight is 789 g/mol. The van der Waals surface area contributed by atoms with Gasteiger partial charge in [-0.2, -0.15) is 0 Å². The van der Waals surface area contributed by atoms with E-state index in [0.717, 1.165) is 25.1 Å². The molecule has 0 aliphatic rings. The van der Waals surface area contributed by atoms with Crippen molar-refractivity contribution in [1.82, 2.24) is 0 Å². The zero-order valence-electron chi connectivity index (χ0n) is 17.6. The largest absolute Gasteiger partial charge is 0.493 e. The van der Waals surface area contributed by atoms with E-state index in [1.54, 1.807) is 0 Å². The zero-order chi connectivity index (χ0) is 22.8. The third kappa shape index (κ3) is 5.13. The molecule has 5 rings (SSSR count). The molecule has 0 atom stereocenters. The van der Waals surface area contributed by atoms with Gasteiger partial charge in [0.2, 0.25) is 0 Å². The van der Waals surface area contributed by atoms with Gasteiger partial charge in [-0.1, -0.05) is 24.3 Å². The highest BCUT2D eigenvalue weighted by atomic mass is 127. The molecular formula is C27H20I3O2S+. The molecule has 2 nitrogen and oxygen atoms in total. The number of hydrogen-bond acceptors (Lipinski definition) is 2. The first-order chi connectivity index (χ1) is 16.1. The predicted octanol–water partition coefficient (Wildman–Crippen LogP) is 9.39. The summed E-state index contributed by atoms with van der Waals surface area (Å²) in [5.74, 6) is 1.88. The van der Waals surface area contributed by atoms with Crippen molar-refractivity contribution in [2.24, 2.45) is 0 Å². The van der Waals surface area contributed by atoms with Gasteiger partial charge in [-0.25, -0.2) is 0 Å². The first kappa shape index (κ1) is 23.6. The van der Waals surface area contributed by atoms with Crippen LogP contribution in [0, 0.1) is 10.7 Å². The van der Waals surface area contributed by atoms with Crippen LogP contribution in [0.15, 0.2) is 84.9 Å². The van der Waals surface area contributed by atoms with Crippen LogP contribution < -0.4 is 9.47 Å². The van der Waals surface area contributed by atoms with Crippen LogP contribution in [0.25, 0.3) is 25.1 Å². The molecule has 0 fully saturated rings. The fraction of sp³-hybridized carbons (Fsp3) is 0.111. The van der Waals surface area contributed by atoms with E-state index in [1.165, 1.54) is 28.6 Å². The monoisotopic (exact) mass is 789 g/mol. The quantitative estimate of drug-likeness (QED) is 0.0931. The summed E-state index contributed by atoms with van der Waals surface area (Å²) in [4.78, 5) is 1.32. The van der Waals surface area contributed by atoms with Gasteiger partial charge in [0.25, 0.3) is 0 Å². The predicted molar refractivity (Wildman–Crippen MR) is 165 cm³/mol. The molecule has 4 aromatic carbocycles. The molecule has 33 heavy (non-hydrogen) atoms. The van der Waals surface area contributed by atoms with Crippen molar-refractivity contribution in [2.75, 3.05) is 13.2 Å².